The van der Waals surface area contributed by atoms with E-state index >= 15 is 0 Å². The average molecular weight is 407 g/mol. The molecule has 0 aliphatic heterocycles. The van der Waals surface area contributed by atoms with Crippen LogP contribution >= 0.6 is 0 Å². The van der Waals surface area contributed by atoms with Gasteiger partial charge in [-0.2, -0.15) is 13.2 Å². The molecule has 0 fully saturated rings. The fraction of sp³-hybridized carbons (Fsp3) is 0.100. The second-order valence-corrected chi connectivity index (χ2v) is 5.88. The van der Waals surface area contributed by atoms with E-state index in [1.165, 1.54) is 30.3 Å². The van der Waals surface area contributed by atoms with Gasteiger partial charge in [0.1, 0.15) is 11.6 Å². The molecule has 1 N–H and O–H groups in total. The third kappa shape index (κ3) is 4.45. The Balaban J connectivity index is 1.83. The largest absolute Gasteiger partial charge is 0.465 e. The van der Waals surface area contributed by atoms with Crippen molar-refractivity contribution in [2.24, 2.45) is 0 Å². The Bertz CT molecular complexity index is 1070. The maximum Gasteiger partial charge on any atom is 0.416 e. The van der Waals surface area contributed by atoms with Crippen LogP contribution in [0.1, 0.15) is 26.5 Å². The van der Waals surface area contributed by atoms with Gasteiger partial charge in [-0.3, -0.25) is 4.79 Å². The van der Waals surface area contributed by atoms with Crippen LogP contribution < -0.4 is 5.32 Å². The minimum absolute atomic E-state index is 0.0216. The lowest BCUT2D eigenvalue weighted by Gasteiger charge is -2.08. The lowest BCUT2D eigenvalue weighted by Crippen LogP contribution is -2.13. The number of methoxy groups -OCH3 is 1. The summed E-state index contributed by atoms with van der Waals surface area (Å²) in [5.74, 6) is -2.57. The number of rotatable bonds is 4. The van der Waals surface area contributed by atoms with Gasteiger partial charge in [-0.05, 0) is 42.5 Å². The van der Waals surface area contributed by atoms with Crippen molar-refractivity contribution in [3.05, 3.63) is 77.3 Å². The highest BCUT2D eigenvalue weighted by atomic mass is 19.4. The van der Waals surface area contributed by atoms with Gasteiger partial charge in [0.15, 0.2) is 5.76 Å². The molecule has 0 bridgehead atoms. The zero-order valence-electron chi connectivity index (χ0n) is 14.8. The van der Waals surface area contributed by atoms with Gasteiger partial charge in [0.05, 0.1) is 23.9 Å². The van der Waals surface area contributed by atoms with Gasteiger partial charge in [0.2, 0.25) is 0 Å². The summed E-state index contributed by atoms with van der Waals surface area (Å²) in [6.45, 7) is 0. The number of alkyl halides is 3. The number of halogens is 4. The van der Waals surface area contributed by atoms with E-state index in [-0.39, 0.29) is 28.3 Å². The molecule has 0 aliphatic rings. The maximum atomic E-state index is 13.9. The Morgan fingerprint density at radius 3 is 2.48 bits per heavy atom. The number of anilines is 1. The summed E-state index contributed by atoms with van der Waals surface area (Å²) in [4.78, 5) is 23.9. The van der Waals surface area contributed by atoms with Crippen LogP contribution in [0.2, 0.25) is 0 Å². The van der Waals surface area contributed by atoms with E-state index in [1.54, 1.807) is 0 Å². The average Bonchev–Trinajstić information content (AvgIpc) is 3.19. The van der Waals surface area contributed by atoms with Crippen LogP contribution in [-0.4, -0.2) is 19.0 Å². The van der Waals surface area contributed by atoms with Crippen LogP contribution in [0.5, 0.6) is 0 Å². The zero-order chi connectivity index (χ0) is 21.2. The van der Waals surface area contributed by atoms with Crippen molar-refractivity contribution in [3.8, 4) is 11.3 Å². The second kappa shape index (κ2) is 7.78. The summed E-state index contributed by atoms with van der Waals surface area (Å²) < 4.78 is 62.3. The number of ether oxygens (including phenoxy) is 1. The van der Waals surface area contributed by atoms with Gasteiger partial charge in [-0.1, -0.05) is 12.1 Å². The molecule has 29 heavy (non-hydrogen) atoms. The van der Waals surface area contributed by atoms with E-state index in [9.17, 15) is 27.2 Å². The predicted molar refractivity (Wildman–Crippen MR) is 94.8 cm³/mol. The Labute approximate surface area is 161 Å². The van der Waals surface area contributed by atoms with Gasteiger partial charge in [-0.25, -0.2) is 9.18 Å². The molecule has 0 radical (unpaired) electrons. The van der Waals surface area contributed by atoms with Crippen molar-refractivity contribution in [2.45, 2.75) is 6.18 Å². The van der Waals surface area contributed by atoms with Crippen molar-refractivity contribution in [3.63, 3.8) is 0 Å². The molecule has 1 amide bonds. The molecule has 2 aromatic carbocycles. The predicted octanol–water partition coefficient (Wildman–Crippen LogP) is 5.14. The Morgan fingerprint density at radius 2 is 1.79 bits per heavy atom. The highest BCUT2D eigenvalue weighted by Gasteiger charge is 2.30. The molecular formula is C20H13F4NO4. The van der Waals surface area contributed by atoms with Crippen LogP contribution in [0.3, 0.4) is 0 Å². The van der Waals surface area contributed by atoms with Gasteiger partial charge in [-0.15, -0.1) is 0 Å². The van der Waals surface area contributed by atoms with E-state index in [1.807, 2.05) is 0 Å². The Hall–Kier alpha value is -3.62. The highest BCUT2D eigenvalue weighted by Crippen LogP contribution is 2.32. The number of esters is 1. The molecule has 150 valence electrons. The third-order valence-corrected chi connectivity index (χ3v) is 3.94. The number of carbonyl (C=O) groups is 2. The number of hydrogen-bond acceptors (Lipinski definition) is 4. The van der Waals surface area contributed by atoms with Crippen molar-refractivity contribution in [2.75, 3.05) is 12.4 Å². The summed E-state index contributed by atoms with van der Waals surface area (Å²) in [7, 11) is 1.15. The molecule has 1 heterocycles. The molecule has 3 rings (SSSR count). The lowest BCUT2D eigenvalue weighted by atomic mass is 10.1. The minimum Gasteiger partial charge on any atom is -0.465 e. The standard InChI is InChI=1S/C20H13F4NO4/c1-28-19(27)12-5-6-14(21)15(10-12)25-18(26)17-8-7-16(29-17)11-3-2-4-13(9-11)20(22,23)24/h2-10H,1H3,(H,25,26). The van der Waals surface area contributed by atoms with E-state index in [0.717, 1.165) is 31.4 Å². The molecular weight excluding hydrogens is 394 g/mol. The van der Waals surface area contributed by atoms with Crippen LogP contribution in [0.15, 0.2) is 59.0 Å². The molecule has 0 spiro atoms. The first-order valence-corrected chi connectivity index (χ1v) is 8.15. The molecule has 0 saturated carbocycles. The zero-order valence-corrected chi connectivity index (χ0v) is 14.8. The van der Waals surface area contributed by atoms with Crippen LogP contribution in [0.25, 0.3) is 11.3 Å². The van der Waals surface area contributed by atoms with Gasteiger partial charge in [0, 0.05) is 5.56 Å². The quantitative estimate of drug-likeness (QED) is 0.480. The van der Waals surface area contributed by atoms with Crippen molar-refractivity contribution in [1.29, 1.82) is 0 Å². The van der Waals surface area contributed by atoms with Gasteiger partial charge < -0.3 is 14.5 Å². The molecule has 0 aliphatic carbocycles. The number of benzene rings is 2. The minimum atomic E-state index is -4.52. The molecule has 1 aromatic heterocycles. The number of carbonyl (C=O) groups excluding carboxylic acids is 2. The fourth-order valence-corrected chi connectivity index (χ4v) is 2.51. The summed E-state index contributed by atoms with van der Waals surface area (Å²) in [6.07, 6.45) is -4.52. The van der Waals surface area contributed by atoms with Gasteiger partial charge in [0.25, 0.3) is 5.91 Å². The lowest BCUT2D eigenvalue weighted by molar-refractivity contribution is -0.137. The van der Waals surface area contributed by atoms with Crippen LogP contribution in [0.4, 0.5) is 23.2 Å². The van der Waals surface area contributed by atoms with E-state index in [2.05, 4.69) is 10.1 Å². The summed E-state index contributed by atoms with van der Waals surface area (Å²) in [5, 5.41) is 2.25. The first-order chi connectivity index (χ1) is 13.7. The number of furan rings is 1. The molecule has 0 unspecified atom stereocenters. The molecule has 5 nitrogen and oxygen atoms in total. The van der Waals surface area contributed by atoms with E-state index in [4.69, 9.17) is 4.42 Å². The SMILES string of the molecule is COC(=O)c1ccc(F)c(NC(=O)c2ccc(-c3cccc(C(F)(F)F)c3)o2)c1. The smallest absolute Gasteiger partial charge is 0.416 e. The van der Waals surface area contributed by atoms with Crippen molar-refractivity contribution < 1.29 is 36.3 Å². The maximum absolute atomic E-state index is 13.9. The van der Waals surface area contributed by atoms with Crippen LogP contribution in [0, 0.1) is 5.82 Å². The first-order valence-electron chi connectivity index (χ1n) is 8.15. The Morgan fingerprint density at radius 1 is 1.03 bits per heavy atom. The van der Waals surface area contributed by atoms with Crippen molar-refractivity contribution in [1.82, 2.24) is 0 Å². The number of hydrogen-bond donors (Lipinski definition) is 1. The monoisotopic (exact) mass is 407 g/mol. The molecule has 0 saturated heterocycles. The first kappa shape index (κ1) is 20.1. The van der Waals surface area contributed by atoms with E-state index < -0.39 is 29.4 Å². The van der Waals surface area contributed by atoms with E-state index in [0.29, 0.717) is 0 Å². The van der Waals surface area contributed by atoms with Gasteiger partial charge >= 0.3 is 12.1 Å². The number of amides is 1. The summed E-state index contributed by atoms with van der Waals surface area (Å²) in [6, 6.07) is 10.3. The second-order valence-electron chi connectivity index (χ2n) is 5.88. The van der Waals surface area contributed by atoms with Crippen molar-refractivity contribution >= 4 is 17.6 Å². The highest BCUT2D eigenvalue weighted by molar-refractivity contribution is 6.03. The molecule has 3 aromatic rings. The number of nitrogens with one attached hydrogen (secondary N) is 1. The Kier molecular flexibility index (Phi) is 5.40. The normalized spacial score (nSPS) is 11.2. The molecule has 0 atom stereocenters. The summed E-state index contributed by atoms with van der Waals surface area (Å²) in [5.41, 5.74) is -1.000. The topological polar surface area (TPSA) is 68.5 Å². The molecule has 9 heteroatoms. The summed E-state index contributed by atoms with van der Waals surface area (Å²) >= 11 is 0. The van der Waals surface area contributed by atoms with Crippen LogP contribution in [-0.2, 0) is 10.9 Å². The fourth-order valence-electron chi connectivity index (χ4n) is 2.51. The third-order valence-electron chi connectivity index (χ3n) is 3.94.